The van der Waals surface area contributed by atoms with Gasteiger partial charge in [-0.1, -0.05) is 0 Å². The van der Waals surface area contributed by atoms with Crippen LogP contribution in [0.4, 0.5) is 0 Å². The maximum atomic E-state index is 6.06. The van der Waals surface area contributed by atoms with Crippen molar-refractivity contribution in [3.05, 3.63) is 0 Å². The van der Waals surface area contributed by atoms with Crippen LogP contribution in [0.25, 0.3) is 0 Å². The summed E-state index contributed by atoms with van der Waals surface area (Å²) < 4.78 is 5.12. The lowest BCUT2D eigenvalue weighted by Gasteiger charge is -2.49. The number of ether oxygens (including phenoxy) is 1. The Morgan fingerprint density at radius 2 is 2.24 bits per heavy atom. The number of methoxy groups -OCH3 is 1. The molecule has 4 nitrogen and oxygen atoms in total. The molecule has 2 unspecified atom stereocenters. The summed E-state index contributed by atoms with van der Waals surface area (Å²) in [6, 6.07) is 0.622. The van der Waals surface area contributed by atoms with Gasteiger partial charge in [-0.05, 0) is 46.8 Å². The van der Waals surface area contributed by atoms with Crippen LogP contribution >= 0.6 is 0 Å². The van der Waals surface area contributed by atoms with Crippen molar-refractivity contribution < 1.29 is 4.74 Å². The van der Waals surface area contributed by atoms with Gasteiger partial charge in [0.1, 0.15) is 0 Å². The van der Waals surface area contributed by atoms with Gasteiger partial charge in [-0.2, -0.15) is 0 Å². The Balaban J connectivity index is 2.55. The third kappa shape index (κ3) is 3.65. The summed E-state index contributed by atoms with van der Waals surface area (Å²) in [6.07, 6.45) is 3.43. The molecule has 1 saturated heterocycles. The average molecular weight is 243 g/mol. The van der Waals surface area contributed by atoms with Crippen LogP contribution in [-0.2, 0) is 4.74 Å². The molecule has 0 aliphatic carbocycles. The van der Waals surface area contributed by atoms with E-state index in [9.17, 15) is 0 Å². The molecule has 1 aliphatic rings. The van der Waals surface area contributed by atoms with Crippen molar-refractivity contribution in [1.29, 1.82) is 0 Å². The second kappa shape index (κ2) is 6.69. The topological polar surface area (TPSA) is 41.7 Å². The molecule has 0 saturated carbocycles. The fourth-order valence-corrected chi connectivity index (χ4v) is 2.78. The zero-order chi connectivity index (χ0) is 12.9. The second-order valence-corrected chi connectivity index (χ2v) is 5.48. The molecule has 0 amide bonds. The summed E-state index contributed by atoms with van der Waals surface area (Å²) >= 11 is 0. The van der Waals surface area contributed by atoms with Crippen LogP contribution in [0.2, 0.25) is 0 Å². The van der Waals surface area contributed by atoms with E-state index in [0.717, 1.165) is 32.7 Å². The van der Waals surface area contributed by atoms with Crippen LogP contribution in [-0.4, -0.2) is 68.8 Å². The number of hydrogen-bond acceptors (Lipinski definition) is 4. The molecular formula is C13H29N3O. The van der Waals surface area contributed by atoms with E-state index in [1.807, 2.05) is 0 Å². The lowest BCUT2D eigenvalue weighted by Crippen LogP contribution is -2.60. The Morgan fingerprint density at radius 3 is 2.76 bits per heavy atom. The van der Waals surface area contributed by atoms with Gasteiger partial charge in [0, 0.05) is 38.4 Å². The van der Waals surface area contributed by atoms with Crippen molar-refractivity contribution in [2.75, 3.05) is 47.4 Å². The molecular weight excluding hydrogens is 214 g/mol. The number of nitrogens with zero attached hydrogens (tertiary/aromatic N) is 2. The molecule has 102 valence electrons. The zero-order valence-corrected chi connectivity index (χ0v) is 11.9. The molecule has 0 radical (unpaired) electrons. The Labute approximate surface area is 106 Å². The number of piperidine rings is 1. The minimum Gasteiger partial charge on any atom is -0.385 e. The highest BCUT2D eigenvalue weighted by Gasteiger charge is 2.38. The van der Waals surface area contributed by atoms with Crippen molar-refractivity contribution in [2.45, 2.75) is 37.8 Å². The third-order valence-electron chi connectivity index (χ3n) is 4.39. The second-order valence-electron chi connectivity index (χ2n) is 5.48. The van der Waals surface area contributed by atoms with Gasteiger partial charge in [-0.25, -0.2) is 0 Å². The zero-order valence-electron chi connectivity index (χ0n) is 11.9. The van der Waals surface area contributed by atoms with Crippen LogP contribution in [0, 0.1) is 0 Å². The Kier molecular flexibility index (Phi) is 5.86. The predicted octanol–water partition coefficient (Wildman–Crippen LogP) is 0.766. The first kappa shape index (κ1) is 14.9. The molecule has 0 aromatic heterocycles. The summed E-state index contributed by atoms with van der Waals surface area (Å²) in [4.78, 5) is 4.88. The van der Waals surface area contributed by atoms with Gasteiger partial charge in [0.2, 0.25) is 0 Å². The van der Waals surface area contributed by atoms with E-state index < -0.39 is 0 Å². The predicted molar refractivity (Wildman–Crippen MR) is 72.2 cm³/mol. The molecule has 1 rings (SSSR count). The normalized spacial score (nSPS) is 31.1. The van der Waals surface area contributed by atoms with Crippen molar-refractivity contribution in [1.82, 2.24) is 9.80 Å². The van der Waals surface area contributed by atoms with Gasteiger partial charge in [-0.15, -0.1) is 0 Å². The smallest absolute Gasteiger partial charge is 0.0474 e. The van der Waals surface area contributed by atoms with Crippen molar-refractivity contribution in [3.63, 3.8) is 0 Å². The maximum absolute atomic E-state index is 6.06. The largest absolute Gasteiger partial charge is 0.385 e. The molecule has 1 aliphatic heterocycles. The first-order chi connectivity index (χ1) is 8.05. The van der Waals surface area contributed by atoms with E-state index in [4.69, 9.17) is 10.5 Å². The minimum absolute atomic E-state index is 0.194. The number of hydrogen-bond donors (Lipinski definition) is 1. The van der Waals surface area contributed by atoms with Gasteiger partial charge in [0.25, 0.3) is 0 Å². The van der Waals surface area contributed by atoms with Crippen LogP contribution in [0.5, 0.6) is 0 Å². The molecule has 4 heteroatoms. The first-order valence-corrected chi connectivity index (χ1v) is 6.66. The van der Waals surface area contributed by atoms with Crippen LogP contribution in [0.1, 0.15) is 26.2 Å². The van der Waals surface area contributed by atoms with E-state index >= 15 is 0 Å². The third-order valence-corrected chi connectivity index (χ3v) is 4.39. The standard InChI is InChI=1S/C13H29N3O/c1-12-10-13(11-14,6-8-15(12)2)16(3)7-5-9-17-4/h12H,5-11,14H2,1-4H3. The van der Waals surface area contributed by atoms with E-state index in [2.05, 4.69) is 30.8 Å². The molecule has 0 aromatic carbocycles. The molecule has 1 heterocycles. The number of rotatable bonds is 6. The highest BCUT2D eigenvalue weighted by molar-refractivity contribution is 4.97. The van der Waals surface area contributed by atoms with Gasteiger partial charge in [0.15, 0.2) is 0 Å². The SMILES string of the molecule is COCCCN(C)C1(CN)CCN(C)C(C)C1. The summed E-state index contributed by atoms with van der Waals surface area (Å²) in [7, 11) is 6.17. The first-order valence-electron chi connectivity index (χ1n) is 6.66. The van der Waals surface area contributed by atoms with Crippen molar-refractivity contribution in [3.8, 4) is 0 Å². The average Bonchev–Trinajstić information content (AvgIpc) is 2.33. The summed E-state index contributed by atoms with van der Waals surface area (Å²) in [5, 5.41) is 0. The molecule has 17 heavy (non-hydrogen) atoms. The number of nitrogens with two attached hydrogens (primary N) is 1. The van der Waals surface area contributed by atoms with Crippen LogP contribution in [0.3, 0.4) is 0 Å². The Morgan fingerprint density at radius 1 is 1.53 bits per heavy atom. The maximum Gasteiger partial charge on any atom is 0.0474 e. The Bertz CT molecular complexity index is 225. The number of likely N-dealkylation sites (tertiary alicyclic amines) is 1. The molecule has 2 atom stereocenters. The van der Waals surface area contributed by atoms with Gasteiger partial charge >= 0.3 is 0 Å². The quantitative estimate of drug-likeness (QED) is 0.700. The van der Waals surface area contributed by atoms with E-state index in [-0.39, 0.29) is 5.54 Å². The van der Waals surface area contributed by atoms with Crippen molar-refractivity contribution in [2.24, 2.45) is 5.73 Å². The Hall–Kier alpha value is -0.160. The molecule has 0 bridgehead atoms. The van der Waals surface area contributed by atoms with E-state index in [0.29, 0.717) is 6.04 Å². The number of likely N-dealkylation sites (N-methyl/N-ethyl adjacent to an activating group) is 1. The summed E-state index contributed by atoms with van der Waals surface area (Å²) in [5.41, 5.74) is 6.25. The van der Waals surface area contributed by atoms with Gasteiger partial charge in [0.05, 0.1) is 0 Å². The van der Waals surface area contributed by atoms with Gasteiger partial charge < -0.3 is 15.4 Å². The molecule has 2 N–H and O–H groups in total. The summed E-state index contributed by atoms with van der Waals surface area (Å²) in [5.74, 6) is 0. The fourth-order valence-electron chi connectivity index (χ4n) is 2.78. The molecule has 1 fully saturated rings. The monoisotopic (exact) mass is 243 g/mol. The molecule has 0 aromatic rings. The van der Waals surface area contributed by atoms with E-state index in [1.54, 1.807) is 7.11 Å². The van der Waals surface area contributed by atoms with E-state index in [1.165, 1.54) is 12.8 Å². The lowest BCUT2D eigenvalue weighted by atomic mass is 9.82. The molecule has 0 spiro atoms. The minimum atomic E-state index is 0.194. The van der Waals surface area contributed by atoms with Crippen molar-refractivity contribution >= 4 is 0 Å². The lowest BCUT2D eigenvalue weighted by molar-refractivity contribution is 0.0225. The van der Waals surface area contributed by atoms with Crippen LogP contribution in [0.15, 0.2) is 0 Å². The summed E-state index contributed by atoms with van der Waals surface area (Å²) in [6.45, 7) is 6.11. The van der Waals surface area contributed by atoms with Gasteiger partial charge in [-0.3, -0.25) is 4.90 Å². The van der Waals surface area contributed by atoms with Crippen LogP contribution < -0.4 is 5.73 Å². The fraction of sp³-hybridized carbons (Fsp3) is 1.00. The highest BCUT2D eigenvalue weighted by Crippen LogP contribution is 2.30. The highest BCUT2D eigenvalue weighted by atomic mass is 16.5.